The smallest absolute Gasteiger partial charge is 0.298 e. The summed E-state index contributed by atoms with van der Waals surface area (Å²) in [6.45, 7) is 4.34. The molecule has 1 aromatic carbocycles. The molecule has 0 aliphatic carbocycles. The van der Waals surface area contributed by atoms with Crippen molar-refractivity contribution in [1.82, 2.24) is 20.1 Å². The zero-order valence-corrected chi connectivity index (χ0v) is 17.2. The van der Waals surface area contributed by atoms with Crippen LogP contribution in [0.25, 0.3) is 11.1 Å². The van der Waals surface area contributed by atoms with E-state index in [2.05, 4.69) is 20.1 Å². The molecule has 2 aliphatic rings. The van der Waals surface area contributed by atoms with Crippen molar-refractivity contribution in [3.8, 4) is 0 Å². The largest absolute Gasteiger partial charge is 0.472 e. The molecule has 4 heterocycles. The summed E-state index contributed by atoms with van der Waals surface area (Å²) in [5.74, 6) is -0.0929. The van der Waals surface area contributed by atoms with E-state index in [4.69, 9.17) is 8.83 Å². The third-order valence-electron chi connectivity index (χ3n) is 5.96. The second-order valence-electron chi connectivity index (χ2n) is 7.95. The minimum atomic E-state index is -0.466. The molecule has 0 spiro atoms. The monoisotopic (exact) mass is 423 g/mol. The van der Waals surface area contributed by atoms with Gasteiger partial charge in [0, 0.05) is 51.4 Å². The molecule has 1 N–H and O–H groups in total. The van der Waals surface area contributed by atoms with Gasteiger partial charge in [0.2, 0.25) is 11.8 Å². The minimum Gasteiger partial charge on any atom is -0.472 e. The van der Waals surface area contributed by atoms with Crippen molar-refractivity contribution in [3.63, 3.8) is 0 Å². The molecule has 2 saturated heterocycles. The number of hydrogen-bond donors (Lipinski definition) is 1. The van der Waals surface area contributed by atoms with Crippen LogP contribution in [0.3, 0.4) is 0 Å². The summed E-state index contributed by atoms with van der Waals surface area (Å²) in [6, 6.07) is 9.69. The lowest BCUT2D eigenvalue weighted by molar-refractivity contribution is -0.139. The number of furan rings is 1. The highest BCUT2D eigenvalue weighted by atomic mass is 16.4. The number of oxazole rings is 1. The predicted octanol–water partition coefficient (Wildman–Crippen LogP) is 1.46. The number of anilines is 1. The fraction of sp³-hybridized carbons (Fsp3) is 0.409. The van der Waals surface area contributed by atoms with Crippen LogP contribution in [0.1, 0.15) is 12.0 Å². The van der Waals surface area contributed by atoms with Crippen LogP contribution in [0.15, 0.2) is 51.7 Å². The Morgan fingerprint density at radius 3 is 2.74 bits per heavy atom. The Morgan fingerprint density at radius 1 is 1.13 bits per heavy atom. The van der Waals surface area contributed by atoms with Gasteiger partial charge in [0.05, 0.1) is 25.0 Å². The van der Waals surface area contributed by atoms with Crippen molar-refractivity contribution in [1.29, 1.82) is 0 Å². The summed E-state index contributed by atoms with van der Waals surface area (Å²) in [7, 11) is 0. The molecule has 9 heteroatoms. The molecule has 3 aromatic rings. The predicted molar refractivity (Wildman–Crippen MR) is 113 cm³/mol. The molecule has 0 saturated carbocycles. The summed E-state index contributed by atoms with van der Waals surface area (Å²) in [5.41, 5.74) is 2.59. The zero-order valence-electron chi connectivity index (χ0n) is 17.2. The average molecular weight is 423 g/mol. The minimum absolute atomic E-state index is 0.00328. The molecule has 5 rings (SSSR count). The third kappa shape index (κ3) is 4.13. The zero-order chi connectivity index (χ0) is 21.2. The van der Waals surface area contributed by atoms with Gasteiger partial charge in [-0.15, -0.1) is 0 Å². The van der Waals surface area contributed by atoms with E-state index in [1.54, 1.807) is 12.5 Å². The third-order valence-corrected chi connectivity index (χ3v) is 5.96. The molecular weight excluding hydrogens is 398 g/mol. The first-order valence-electron chi connectivity index (χ1n) is 10.6. The van der Waals surface area contributed by atoms with Crippen LogP contribution in [-0.2, 0) is 16.1 Å². The number of carbonyl (C=O) groups excluding carboxylic acids is 2. The second kappa shape index (κ2) is 8.43. The molecule has 0 unspecified atom stereocenters. The highest BCUT2D eigenvalue weighted by Gasteiger charge is 2.34. The Morgan fingerprint density at radius 2 is 1.97 bits per heavy atom. The Kier molecular flexibility index (Phi) is 5.33. The maximum atomic E-state index is 13.0. The number of piperazine rings is 2. The number of carbonyl (C=O) groups is 2. The van der Waals surface area contributed by atoms with Crippen molar-refractivity contribution in [3.05, 3.63) is 48.4 Å². The number of aromatic nitrogens is 1. The molecule has 2 fully saturated rings. The first kappa shape index (κ1) is 19.6. The molecular formula is C22H25N5O4. The van der Waals surface area contributed by atoms with Crippen LogP contribution in [0.5, 0.6) is 0 Å². The van der Waals surface area contributed by atoms with Gasteiger partial charge in [-0.25, -0.2) is 0 Å². The van der Waals surface area contributed by atoms with Gasteiger partial charge in [0.25, 0.3) is 6.01 Å². The first-order chi connectivity index (χ1) is 15.2. The van der Waals surface area contributed by atoms with Gasteiger partial charge in [-0.2, -0.15) is 4.98 Å². The highest BCUT2D eigenvalue weighted by molar-refractivity contribution is 5.89. The number of fused-ring (bicyclic) bond motifs is 1. The lowest BCUT2D eigenvalue weighted by Crippen LogP contribution is -2.57. The van der Waals surface area contributed by atoms with E-state index in [1.807, 2.05) is 35.2 Å². The summed E-state index contributed by atoms with van der Waals surface area (Å²) in [4.78, 5) is 36.0. The molecule has 1 atom stereocenters. The van der Waals surface area contributed by atoms with Gasteiger partial charge in [-0.1, -0.05) is 12.1 Å². The maximum absolute atomic E-state index is 13.0. The maximum Gasteiger partial charge on any atom is 0.298 e. The fourth-order valence-corrected chi connectivity index (χ4v) is 4.23. The summed E-state index contributed by atoms with van der Waals surface area (Å²) >= 11 is 0. The van der Waals surface area contributed by atoms with E-state index in [1.165, 1.54) is 0 Å². The summed E-state index contributed by atoms with van der Waals surface area (Å²) in [5, 5.41) is 2.89. The van der Waals surface area contributed by atoms with Crippen molar-refractivity contribution in [2.75, 3.05) is 44.2 Å². The number of nitrogens with zero attached hydrogens (tertiary/aromatic N) is 4. The Balaban J connectivity index is 1.20. The van der Waals surface area contributed by atoms with Gasteiger partial charge in [0.1, 0.15) is 5.52 Å². The number of para-hydroxylation sites is 2. The van der Waals surface area contributed by atoms with Gasteiger partial charge in [0.15, 0.2) is 5.58 Å². The van der Waals surface area contributed by atoms with Crippen molar-refractivity contribution in [2.24, 2.45) is 0 Å². The Labute approximate surface area is 179 Å². The first-order valence-corrected chi connectivity index (χ1v) is 10.6. The van der Waals surface area contributed by atoms with Crippen LogP contribution < -0.4 is 10.2 Å². The van der Waals surface area contributed by atoms with Crippen LogP contribution >= 0.6 is 0 Å². The van der Waals surface area contributed by atoms with E-state index < -0.39 is 6.04 Å². The average Bonchev–Trinajstić information content (AvgIpc) is 3.46. The molecule has 0 radical (unpaired) electrons. The van der Waals surface area contributed by atoms with Crippen LogP contribution in [0.4, 0.5) is 6.01 Å². The molecule has 2 amide bonds. The number of rotatable bonds is 5. The summed E-state index contributed by atoms with van der Waals surface area (Å²) in [6.07, 6.45) is 3.47. The lowest BCUT2D eigenvalue weighted by Gasteiger charge is -2.37. The van der Waals surface area contributed by atoms with E-state index in [9.17, 15) is 9.59 Å². The number of nitrogens with one attached hydrogen (secondary N) is 1. The van der Waals surface area contributed by atoms with Gasteiger partial charge in [-0.05, 0) is 18.2 Å². The van der Waals surface area contributed by atoms with Gasteiger partial charge < -0.3 is 24.0 Å². The Bertz CT molecular complexity index is 1020. The molecule has 0 bridgehead atoms. The molecule has 9 nitrogen and oxygen atoms in total. The molecule has 2 aromatic heterocycles. The van der Waals surface area contributed by atoms with E-state index in [-0.39, 0.29) is 18.2 Å². The second-order valence-corrected chi connectivity index (χ2v) is 7.95. The topological polar surface area (TPSA) is 95.1 Å². The SMILES string of the molecule is O=C1NCCN(Cc2ccoc2)[C@@H]1CC(=O)N1CCN(c2nc3ccccc3o2)CC1. The number of hydrogen-bond acceptors (Lipinski definition) is 7. The summed E-state index contributed by atoms with van der Waals surface area (Å²) < 4.78 is 11.0. The Hall–Kier alpha value is -3.33. The molecule has 31 heavy (non-hydrogen) atoms. The van der Waals surface area contributed by atoms with Crippen molar-refractivity contribution < 1.29 is 18.4 Å². The van der Waals surface area contributed by atoms with Crippen LogP contribution in [-0.4, -0.2) is 71.9 Å². The highest BCUT2D eigenvalue weighted by Crippen LogP contribution is 2.23. The fourth-order valence-electron chi connectivity index (χ4n) is 4.23. The van der Waals surface area contributed by atoms with Crippen molar-refractivity contribution >= 4 is 28.9 Å². The van der Waals surface area contributed by atoms with E-state index in [0.29, 0.717) is 51.8 Å². The van der Waals surface area contributed by atoms with Crippen LogP contribution in [0.2, 0.25) is 0 Å². The van der Waals surface area contributed by atoms with E-state index >= 15 is 0 Å². The normalized spacial score (nSPS) is 20.3. The van der Waals surface area contributed by atoms with Crippen molar-refractivity contribution in [2.45, 2.75) is 19.0 Å². The standard InChI is InChI=1S/C22H25N5O4/c28-20(13-18-21(29)23-6-7-27(18)14-16-5-12-30-15-16)25-8-10-26(11-9-25)22-24-17-3-1-2-4-19(17)31-22/h1-5,12,15,18H,6-11,13-14H2,(H,23,29)/t18-/m1/s1. The number of amides is 2. The van der Waals surface area contributed by atoms with Gasteiger partial charge in [-0.3, -0.25) is 14.5 Å². The molecule has 2 aliphatic heterocycles. The number of benzene rings is 1. The quantitative estimate of drug-likeness (QED) is 0.664. The molecule has 162 valence electrons. The van der Waals surface area contributed by atoms with Crippen LogP contribution in [0, 0.1) is 0 Å². The van der Waals surface area contributed by atoms with Gasteiger partial charge >= 0.3 is 0 Å². The van der Waals surface area contributed by atoms with E-state index in [0.717, 1.165) is 16.7 Å². The lowest BCUT2D eigenvalue weighted by atomic mass is 10.1.